The Kier molecular flexibility index (Phi) is 3.83. The van der Waals surface area contributed by atoms with Crippen LogP contribution in [0.4, 0.5) is 10.5 Å². The van der Waals surface area contributed by atoms with Gasteiger partial charge in [-0.05, 0) is 32.4 Å². The standard InChI is InChI=1S/C12H16N6O2/c1-6-4-7(2)14-8(3)10(6)16-11(19)13-5-9-15-12(20)18-17-9/h4H,5H2,1-3H3,(H2,13,16,19)(H2,15,17,18,20). The number of urea groups is 1. The van der Waals surface area contributed by atoms with Gasteiger partial charge in [-0.15, -0.1) is 0 Å². The van der Waals surface area contributed by atoms with E-state index in [9.17, 15) is 9.59 Å². The molecule has 2 rings (SSSR count). The molecule has 8 nitrogen and oxygen atoms in total. The van der Waals surface area contributed by atoms with Gasteiger partial charge in [0, 0.05) is 5.69 Å². The lowest BCUT2D eigenvalue weighted by atomic mass is 10.1. The highest BCUT2D eigenvalue weighted by molar-refractivity contribution is 5.90. The van der Waals surface area contributed by atoms with Crippen molar-refractivity contribution in [2.75, 3.05) is 5.32 Å². The Morgan fingerprint density at radius 3 is 2.70 bits per heavy atom. The summed E-state index contributed by atoms with van der Waals surface area (Å²) in [5, 5.41) is 11.3. The van der Waals surface area contributed by atoms with Crippen LogP contribution >= 0.6 is 0 Å². The van der Waals surface area contributed by atoms with E-state index < -0.39 is 5.69 Å². The minimum Gasteiger partial charge on any atom is -0.331 e. The normalized spacial score (nSPS) is 10.3. The molecule has 106 valence electrons. The maximum absolute atomic E-state index is 11.8. The van der Waals surface area contributed by atoms with Crippen LogP contribution in [0.1, 0.15) is 22.8 Å². The molecule has 0 unspecified atom stereocenters. The molecule has 0 fully saturated rings. The van der Waals surface area contributed by atoms with Gasteiger partial charge in [0.05, 0.1) is 17.9 Å². The second-order valence-corrected chi connectivity index (χ2v) is 4.47. The van der Waals surface area contributed by atoms with Gasteiger partial charge < -0.3 is 10.6 Å². The van der Waals surface area contributed by atoms with Gasteiger partial charge in [-0.25, -0.2) is 14.7 Å². The number of H-pyrrole nitrogens is 2. The molecule has 0 aliphatic carbocycles. The number of nitrogens with zero attached hydrogens (tertiary/aromatic N) is 2. The number of pyridine rings is 1. The van der Waals surface area contributed by atoms with E-state index in [4.69, 9.17) is 0 Å². The van der Waals surface area contributed by atoms with E-state index in [1.54, 1.807) is 0 Å². The minimum atomic E-state index is -0.406. The van der Waals surface area contributed by atoms with E-state index in [1.807, 2.05) is 26.8 Å². The maximum atomic E-state index is 11.8. The minimum absolute atomic E-state index is 0.127. The van der Waals surface area contributed by atoms with Crippen molar-refractivity contribution in [2.24, 2.45) is 0 Å². The lowest BCUT2D eigenvalue weighted by molar-refractivity contribution is 0.251. The molecule has 2 amide bonds. The summed E-state index contributed by atoms with van der Waals surface area (Å²) in [7, 11) is 0. The van der Waals surface area contributed by atoms with Crippen LogP contribution in [0, 0.1) is 20.8 Å². The number of hydrogen-bond donors (Lipinski definition) is 4. The third-order valence-corrected chi connectivity index (χ3v) is 2.73. The molecule has 8 heteroatoms. The lowest BCUT2D eigenvalue weighted by Gasteiger charge is -2.12. The molecule has 0 aliphatic rings. The van der Waals surface area contributed by atoms with Crippen molar-refractivity contribution in [2.45, 2.75) is 27.3 Å². The van der Waals surface area contributed by atoms with Crippen LogP contribution < -0.4 is 16.3 Å². The Bertz CT molecular complexity index is 664. The topological polar surface area (TPSA) is 116 Å². The van der Waals surface area contributed by atoms with E-state index in [1.165, 1.54) is 0 Å². The summed E-state index contributed by atoms with van der Waals surface area (Å²) in [6, 6.07) is 1.51. The smallest absolute Gasteiger partial charge is 0.331 e. The Morgan fingerprint density at radius 2 is 2.10 bits per heavy atom. The third-order valence-electron chi connectivity index (χ3n) is 2.73. The predicted octanol–water partition coefficient (Wildman–Crippen LogP) is 0.740. The highest BCUT2D eigenvalue weighted by atomic mass is 16.2. The molecule has 4 N–H and O–H groups in total. The van der Waals surface area contributed by atoms with Gasteiger partial charge in [0.1, 0.15) is 5.82 Å². The molecule has 2 aromatic heterocycles. The maximum Gasteiger partial charge on any atom is 0.340 e. The fraction of sp³-hybridized carbons (Fsp3) is 0.333. The number of aromatic nitrogens is 4. The van der Waals surface area contributed by atoms with Gasteiger partial charge in [0.25, 0.3) is 0 Å². The van der Waals surface area contributed by atoms with Crippen molar-refractivity contribution in [3.8, 4) is 0 Å². The summed E-state index contributed by atoms with van der Waals surface area (Å²) in [5.74, 6) is 0.362. The number of carbonyl (C=O) groups excluding carboxylic acids is 1. The van der Waals surface area contributed by atoms with Crippen molar-refractivity contribution in [1.82, 2.24) is 25.5 Å². The average Bonchev–Trinajstić information content (AvgIpc) is 2.77. The van der Waals surface area contributed by atoms with Crippen molar-refractivity contribution in [3.05, 3.63) is 39.3 Å². The molecule has 0 radical (unpaired) electrons. The van der Waals surface area contributed by atoms with Crippen LogP contribution in [0.15, 0.2) is 10.9 Å². The Morgan fingerprint density at radius 1 is 1.35 bits per heavy atom. The molecule has 0 atom stereocenters. The van der Waals surface area contributed by atoms with Gasteiger partial charge >= 0.3 is 11.7 Å². The molecule has 0 aliphatic heterocycles. The lowest BCUT2D eigenvalue weighted by Crippen LogP contribution is -2.29. The zero-order chi connectivity index (χ0) is 14.7. The second-order valence-electron chi connectivity index (χ2n) is 4.47. The fourth-order valence-electron chi connectivity index (χ4n) is 1.92. The molecule has 2 aromatic rings. The number of amides is 2. The first-order valence-electron chi connectivity index (χ1n) is 6.09. The first-order valence-corrected chi connectivity index (χ1v) is 6.09. The van der Waals surface area contributed by atoms with Gasteiger partial charge in [0.15, 0.2) is 0 Å². The number of aryl methyl sites for hydroxylation is 3. The first-order chi connectivity index (χ1) is 9.45. The summed E-state index contributed by atoms with van der Waals surface area (Å²) in [4.78, 5) is 29.4. The second kappa shape index (κ2) is 5.55. The van der Waals surface area contributed by atoms with Crippen molar-refractivity contribution < 1.29 is 4.79 Å². The third kappa shape index (κ3) is 3.22. The quantitative estimate of drug-likeness (QED) is 0.661. The summed E-state index contributed by atoms with van der Waals surface area (Å²) in [5.41, 5.74) is 2.88. The number of aromatic amines is 2. The van der Waals surface area contributed by atoms with E-state index in [-0.39, 0.29) is 12.6 Å². The van der Waals surface area contributed by atoms with E-state index in [0.717, 1.165) is 17.0 Å². The molecule has 0 bridgehead atoms. The van der Waals surface area contributed by atoms with Crippen LogP contribution in [0.25, 0.3) is 0 Å². The molecular weight excluding hydrogens is 260 g/mol. The Balaban J connectivity index is 2.00. The van der Waals surface area contributed by atoms with E-state index >= 15 is 0 Å². The van der Waals surface area contributed by atoms with Crippen LogP contribution in [0.3, 0.4) is 0 Å². The zero-order valence-electron chi connectivity index (χ0n) is 11.5. The van der Waals surface area contributed by atoms with Crippen molar-refractivity contribution >= 4 is 11.7 Å². The number of nitrogens with one attached hydrogen (secondary N) is 4. The molecule has 2 heterocycles. The summed E-state index contributed by atoms with van der Waals surface area (Å²) in [6.45, 7) is 5.77. The SMILES string of the molecule is Cc1cc(C)c(NC(=O)NCc2n[nH]c(=O)[nH]2)c(C)n1. The molecule has 0 saturated carbocycles. The summed E-state index contributed by atoms with van der Waals surface area (Å²) < 4.78 is 0. The number of rotatable bonds is 3. The first kappa shape index (κ1) is 13.8. The van der Waals surface area contributed by atoms with Crippen molar-refractivity contribution in [3.63, 3.8) is 0 Å². The van der Waals surface area contributed by atoms with Gasteiger partial charge in [-0.2, -0.15) is 5.10 Å². The number of hydrogen-bond acceptors (Lipinski definition) is 4. The molecule has 0 aromatic carbocycles. The largest absolute Gasteiger partial charge is 0.340 e. The van der Waals surface area contributed by atoms with Crippen LogP contribution in [0.5, 0.6) is 0 Å². The van der Waals surface area contributed by atoms with Crippen molar-refractivity contribution in [1.29, 1.82) is 0 Å². The highest BCUT2D eigenvalue weighted by Gasteiger charge is 2.09. The summed E-state index contributed by atoms with van der Waals surface area (Å²) >= 11 is 0. The fourth-order valence-corrected chi connectivity index (χ4v) is 1.92. The highest BCUT2D eigenvalue weighted by Crippen LogP contribution is 2.18. The van der Waals surface area contributed by atoms with E-state index in [0.29, 0.717) is 11.5 Å². The van der Waals surface area contributed by atoms with Crippen LogP contribution in [-0.2, 0) is 6.54 Å². The molecule has 0 saturated heterocycles. The Labute approximate surface area is 115 Å². The van der Waals surface area contributed by atoms with Gasteiger partial charge in [0.2, 0.25) is 0 Å². The molecular formula is C12H16N6O2. The predicted molar refractivity (Wildman–Crippen MR) is 73.5 cm³/mol. The molecule has 0 spiro atoms. The molecule has 20 heavy (non-hydrogen) atoms. The van der Waals surface area contributed by atoms with E-state index in [2.05, 4.69) is 30.8 Å². The number of carbonyl (C=O) groups is 1. The van der Waals surface area contributed by atoms with Gasteiger partial charge in [-0.1, -0.05) is 0 Å². The zero-order valence-corrected chi connectivity index (χ0v) is 11.5. The monoisotopic (exact) mass is 276 g/mol. The van der Waals surface area contributed by atoms with Crippen LogP contribution in [-0.4, -0.2) is 26.2 Å². The number of anilines is 1. The van der Waals surface area contributed by atoms with Gasteiger partial charge in [-0.3, -0.25) is 9.97 Å². The van der Waals surface area contributed by atoms with Crippen LogP contribution in [0.2, 0.25) is 0 Å². The Hall–Kier alpha value is -2.64. The average molecular weight is 276 g/mol. The summed E-state index contributed by atoms with van der Waals surface area (Å²) in [6.07, 6.45) is 0.